The van der Waals surface area contributed by atoms with E-state index >= 15 is 0 Å². The van der Waals surface area contributed by atoms with Crippen LogP contribution in [0.3, 0.4) is 0 Å². The summed E-state index contributed by atoms with van der Waals surface area (Å²) in [6.07, 6.45) is 5.02. The molecule has 1 aliphatic heterocycles. The molecule has 2 heterocycles. The predicted octanol–water partition coefficient (Wildman–Crippen LogP) is 2.73. The van der Waals surface area contributed by atoms with E-state index in [1.807, 2.05) is 54.6 Å². The molecule has 0 radical (unpaired) electrons. The molecule has 0 unspecified atom stereocenters. The monoisotopic (exact) mass is 389 g/mol. The number of nitrogens with zero attached hydrogens (tertiary/aromatic N) is 3. The van der Waals surface area contributed by atoms with Crippen LogP contribution in [-0.2, 0) is 13.0 Å². The Labute approximate surface area is 169 Å². The van der Waals surface area contributed by atoms with Crippen LogP contribution in [0.25, 0.3) is 0 Å². The van der Waals surface area contributed by atoms with E-state index < -0.39 is 6.10 Å². The minimum Gasteiger partial charge on any atom is -0.489 e. The van der Waals surface area contributed by atoms with Crippen molar-refractivity contribution in [2.24, 2.45) is 5.92 Å². The molecule has 29 heavy (non-hydrogen) atoms. The third-order valence-corrected chi connectivity index (χ3v) is 5.13. The van der Waals surface area contributed by atoms with E-state index in [4.69, 9.17) is 4.74 Å². The molecule has 1 amide bonds. The summed E-state index contributed by atoms with van der Waals surface area (Å²) in [4.78, 5) is 22.9. The van der Waals surface area contributed by atoms with Gasteiger partial charge in [0.05, 0.1) is 11.8 Å². The average molecular weight is 389 g/mol. The van der Waals surface area contributed by atoms with Gasteiger partial charge in [0.2, 0.25) is 0 Å². The topological polar surface area (TPSA) is 75.5 Å². The Balaban J connectivity index is 1.34. The van der Waals surface area contributed by atoms with Crippen molar-refractivity contribution in [1.82, 2.24) is 14.9 Å². The summed E-state index contributed by atoms with van der Waals surface area (Å²) in [6.45, 7) is 1.29. The highest BCUT2D eigenvalue weighted by Gasteiger charge is 2.34. The molecule has 4 rings (SSSR count). The van der Waals surface area contributed by atoms with Gasteiger partial charge in [0.15, 0.2) is 0 Å². The summed E-state index contributed by atoms with van der Waals surface area (Å²) in [5, 5.41) is 10.4. The second-order valence-electron chi connectivity index (χ2n) is 7.24. The van der Waals surface area contributed by atoms with E-state index in [1.165, 1.54) is 0 Å². The Morgan fingerprint density at radius 3 is 2.59 bits per heavy atom. The van der Waals surface area contributed by atoms with Crippen molar-refractivity contribution < 1.29 is 14.6 Å². The fraction of sp³-hybridized carbons (Fsp3) is 0.261. The van der Waals surface area contributed by atoms with Gasteiger partial charge in [0.25, 0.3) is 5.91 Å². The molecule has 0 spiro atoms. The summed E-state index contributed by atoms with van der Waals surface area (Å²) in [5.41, 5.74) is 2.43. The number of ether oxygens (including phenoxy) is 1. The summed E-state index contributed by atoms with van der Waals surface area (Å²) < 4.78 is 5.74. The summed E-state index contributed by atoms with van der Waals surface area (Å²) in [5.74, 6) is 0.711. The number of likely N-dealkylation sites (tertiary alicyclic amines) is 1. The van der Waals surface area contributed by atoms with Gasteiger partial charge >= 0.3 is 0 Å². The van der Waals surface area contributed by atoms with Crippen LogP contribution in [0.5, 0.6) is 5.75 Å². The number of hydrogen-bond donors (Lipinski definition) is 1. The van der Waals surface area contributed by atoms with Crippen molar-refractivity contribution >= 4 is 5.91 Å². The number of carbonyl (C=O) groups excluding carboxylic acids is 1. The number of carbonyl (C=O) groups is 1. The Kier molecular flexibility index (Phi) is 5.81. The molecule has 1 aromatic heterocycles. The van der Waals surface area contributed by atoms with Crippen molar-refractivity contribution in [3.05, 3.63) is 90.0 Å². The quantitative estimate of drug-likeness (QED) is 0.702. The van der Waals surface area contributed by atoms with Crippen molar-refractivity contribution in [1.29, 1.82) is 0 Å². The first-order chi connectivity index (χ1) is 14.2. The van der Waals surface area contributed by atoms with Gasteiger partial charge in [-0.05, 0) is 36.2 Å². The largest absolute Gasteiger partial charge is 0.489 e. The second kappa shape index (κ2) is 8.84. The van der Waals surface area contributed by atoms with Crippen LogP contribution >= 0.6 is 0 Å². The first kappa shape index (κ1) is 19.1. The number of benzene rings is 2. The van der Waals surface area contributed by atoms with Crippen molar-refractivity contribution in [3.8, 4) is 5.75 Å². The minimum atomic E-state index is -0.556. The highest BCUT2D eigenvalue weighted by atomic mass is 16.5. The Morgan fingerprint density at radius 2 is 1.86 bits per heavy atom. The standard InChI is InChI=1S/C23H23N3O3/c27-22-15-26(14-19(22)12-20-13-24-10-11-25-20)23(28)18-8-6-17(7-9-18)16-29-21-4-2-1-3-5-21/h1-11,13,19,22,27H,12,14-16H2/t19-,22-/m1/s1. The molecule has 0 bridgehead atoms. The van der Waals surface area contributed by atoms with Crippen molar-refractivity contribution in [2.45, 2.75) is 19.1 Å². The number of hydrogen-bond acceptors (Lipinski definition) is 5. The lowest BCUT2D eigenvalue weighted by atomic mass is 10.0. The molecule has 0 aliphatic carbocycles. The van der Waals surface area contributed by atoms with Crippen LogP contribution in [-0.4, -0.2) is 45.1 Å². The molecular formula is C23H23N3O3. The van der Waals surface area contributed by atoms with Crippen LogP contribution in [0, 0.1) is 5.92 Å². The molecule has 2 aromatic carbocycles. The zero-order valence-electron chi connectivity index (χ0n) is 16.0. The molecule has 148 valence electrons. The second-order valence-corrected chi connectivity index (χ2v) is 7.24. The van der Waals surface area contributed by atoms with E-state index in [1.54, 1.807) is 23.5 Å². The number of aromatic nitrogens is 2. The molecule has 1 saturated heterocycles. The summed E-state index contributed by atoms with van der Waals surface area (Å²) >= 11 is 0. The fourth-order valence-electron chi connectivity index (χ4n) is 3.53. The van der Waals surface area contributed by atoms with Crippen LogP contribution < -0.4 is 4.74 Å². The third kappa shape index (κ3) is 4.78. The molecule has 6 heteroatoms. The van der Waals surface area contributed by atoms with E-state index in [9.17, 15) is 9.90 Å². The summed E-state index contributed by atoms with van der Waals surface area (Å²) in [6, 6.07) is 17.1. The Bertz CT molecular complexity index is 933. The number of para-hydroxylation sites is 1. The van der Waals surface area contributed by atoms with Crippen LogP contribution in [0.1, 0.15) is 21.6 Å². The molecular weight excluding hydrogens is 366 g/mol. The maximum absolute atomic E-state index is 12.8. The van der Waals surface area contributed by atoms with Gasteiger partial charge in [-0.1, -0.05) is 30.3 Å². The predicted molar refractivity (Wildman–Crippen MR) is 108 cm³/mol. The van der Waals surface area contributed by atoms with Crippen molar-refractivity contribution in [2.75, 3.05) is 13.1 Å². The molecule has 2 atom stereocenters. The maximum atomic E-state index is 12.8. The Morgan fingerprint density at radius 1 is 1.07 bits per heavy atom. The molecule has 1 N–H and O–H groups in total. The van der Waals surface area contributed by atoms with E-state index in [-0.39, 0.29) is 11.8 Å². The highest BCUT2D eigenvalue weighted by molar-refractivity contribution is 5.94. The highest BCUT2D eigenvalue weighted by Crippen LogP contribution is 2.23. The lowest BCUT2D eigenvalue weighted by molar-refractivity contribution is 0.0764. The molecule has 1 fully saturated rings. The smallest absolute Gasteiger partial charge is 0.253 e. The van der Waals surface area contributed by atoms with E-state index in [0.29, 0.717) is 31.7 Å². The van der Waals surface area contributed by atoms with Crippen molar-refractivity contribution in [3.63, 3.8) is 0 Å². The minimum absolute atomic E-state index is 0.0332. The molecule has 0 saturated carbocycles. The van der Waals surface area contributed by atoms with Crippen LogP contribution in [0.2, 0.25) is 0 Å². The third-order valence-electron chi connectivity index (χ3n) is 5.13. The van der Waals surface area contributed by atoms with E-state index in [0.717, 1.165) is 17.0 Å². The van der Waals surface area contributed by atoms with Gasteiger partial charge in [-0.3, -0.25) is 14.8 Å². The molecule has 6 nitrogen and oxygen atoms in total. The summed E-state index contributed by atoms with van der Waals surface area (Å²) in [7, 11) is 0. The number of aliphatic hydroxyl groups is 1. The zero-order valence-corrected chi connectivity index (χ0v) is 16.0. The SMILES string of the molecule is O=C(c1ccc(COc2ccccc2)cc1)N1C[C@@H](Cc2cnccn2)[C@H](O)C1. The van der Waals surface area contributed by atoms with Crippen LogP contribution in [0.4, 0.5) is 0 Å². The molecule has 1 aliphatic rings. The number of amides is 1. The first-order valence-electron chi connectivity index (χ1n) is 9.68. The van der Waals surface area contributed by atoms with Gasteiger partial charge in [-0.15, -0.1) is 0 Å². The zero-order chi connectivity index (χ0) is 20.1. The lowest BCUT2D eigenvalue weighted by Crippen LogP contribution is -2.29. The van der Waals surface area contributed by atoms with Crippen LogP contribution in [0.15, 0.2) is 73.2 Å². The van der Waals surface area contributed by atoms with Gasteiger partial charge < -0.3 is 14.7 Å². The molecule has 3 aromatic rings. The van der Waals surface area contributed by atoms with E-state index in [2.05, 4.69) is 9.97 Å². The Hall–Kier alpha value is -3.25. The van der Waals surface area contributed by atoms with Gasteiger partial charge in [-0.25, -0.2) is 0 Å². The van der Waals surface area contributed by atoms with Gasteiger partial charge in [-0.2, -0.15) is 0 Å². The number of aliphatic hydroxyl groups excluding tert-OH is 1. The fourth-order valence-corrected chi connectivity index (χ4v) is 3.53. The van der Waals surface area contributed by atoms with Gasteiger partial charge in [0, 0.05) is 43.2 Å². The average Bonchev–Trinajstić information content (AvgIpc) is 3.14. The van der Waals surface area contributed by atoms with Gasteiger partial charge in [0.1, 0.15) is 12.4 Å². The first-order valence-corrected chi connectivity index (χ1v) is 9.68. The number of β-amino-alcohol motifs (C(OH)–C–C–N with tert-alkyl or cyclic N) is 1. The lowest BCUT2D eigenvalue weighted by Gasteiger charge is -2.16. The normalized spacial score (nSPS) is 18.6. The number of rotatable bonds is 6. The maximum Gasteiger partial charge on any atom is 0.253 e.